The van der Waals surface area contributed by atoms with E-state index >= 15 is 0 Å². The molecule has 1 aromatic rings. The Morgan fingerprint density at radius 2 is 1.76 bits per heavy atom. The van der Waals surface area contributed by atoms with E-state index in [1.54, 1.807) is 6.92 Å². The molecular weight excluding hydrogens is 324 g/mol. The number of allylic oxidation sites excluding steroid dienone is 2. The second-order valence-electron chi connectivity index (χ2n) is 6.97. The van der Waals surface area contributed by atoms with Crippen LogP contribution in [0.2, 0.25) is 0 Å². The van der Waals surface area contributed by atoms with Gasteiger partial charge in [-0.25, -0.2) is 0 Å². The number of hydrazine groups is 1. The van der Waals surface area contributed by atoms with E-state index in [1.807, 2.05) is 13.8 Å². The van der Waals surface area contributed by atoms with E-state index in [0.29, 0.717) is 11.3 Å². The van der Waals surface area contributed by atoms with Crippen molar-refractivity contribution in [2.45, 2.75) is 33.6 Å². The van der Waals surface area contributed by atoms with E-state index in [4.69, 9.17) is 4.42 Å². The van der Waals surface area contributed by atoms with E-state index in [0.717, 1.165) is 24.0 Å². The normalized spacial score (nSPS) is 27.2. The molecule has 0 radical (unpaired) electrons. The van der Waals surface area contributed by atoms with Gasteiger partial charge in [-0.2, -0.15) is 0 Å². The summed E-state index contributed by atoms with van der Waals surface area (Å²) >= 11 is 0. The highest BCUT2D eigenvalue weighted by molar-refractivity contribution is 5.97. The minimum absolute atomic E-state index is 0.0661. The lowest BCUT2D eigenvalue weighted by molar-refractivity contribution is -0.149. The molecule has 2 aliphatic rings. The number of nitrogens with one attached hydrogen (secondary N) is 2. The predicted octanol–water partition coefficient (Wildman–Crippen LogP) is 2.04. The molecule has 0 spiro atoms. The van der Waals surface area contributed by atoms with E-state index in [2.05, 4.69) is 10.9 Å². The van der Waals surface area contributed by atoms with Crippen LogP contribution in [0.15, 0.2) is 27.9 Å². The van der Waals surface area contributed by atoms with Crippen molar-refractivity contribution in [2.24, 2.45) is 23.7 Å². The van der Waals surface area contributed by atoms with Gasteiger partial charge in [0.2, 0.25) is 5.91 Å². The number of hydrogen-bond donors (Lipinski definition) is 3. The number of carbonyl (C=O) groups is 3. The molecule has 0 aliphatic heterocycles. The van der Waals surface area contributed by atoms with Crippen LogP contribution in [0.3, 0.4) is 0 Å². The molecule has 2 aliphatic carbocycles. The smallest absolute Gasteiger partial charge is 0.307 e. The van der Waals surface area contributed by atoms with E-state index in [9.17, 15) is 19.5 Å². The lowest BCUT2D eigenvalue weighted by atomic mass is 9.79. The van der Waals surface area contributed by atoms with E-state index in [-0.39, 0.29) is 11.8 Å². The Morgan fingerprint density at radius 3 is 2.28 bits per heavy atom. The Hall–Kier alpha value is -2.57. The van der Waals surface area contributed by atoms with Gasteiger partial charge < -0.3 is 9.52 Å². The molecule has 0 saturated heterocycles. The minimum atomic E-state index is -0.955. The molecule has 2 saturated carbocycles. The molecule has 1 aromatic heterocycles. The topological polar surface area (TPSA) is 109 Å². The van der Waals surface area contributed by atoms with Gasteiger partial charge in [0.1, 0.15) is 5.76 Å². The number of carboxylic acids is 1. The SMILES string of the molecule is CC(C)=C1[C@H]2CC[C@@H]1[C@@H](C(=O)NNC(=O)c1ccoc1C)[C@H]2C(=O)O. The second-order valence-corrected chi connectivity index (χ2v) is 6.97. The molecule has 0 aromatic carbocycles. The Bertz CT molecular complexity index is 759. The third-order valence-corrected chi connectivity index (χ3v) is 5.41. The zero-order valence-electron chi connectivity index (χ0n) is 14.5. The van der Waals surface area contributed by atoms with Gasteiger partial charge >= 0.3 is 5.97 Å². The molecular formula is C18H22N2O5. The van der Waals surface area contributed by atoms with Gasteiger partial charge in [-0.15, -0.1) is 0 Å². The molecule has 3 rings (SSSR count). The van der Waals surface area contributed by atoms with Gasteiger partial charge in [0, 0.05) is 0 Å². The average molecular weight is 346 g/mol. The van der Waals surface area contributed by atoms with Crippen LogP contribution in [0.5, 0.6) is 0 Å². The number of amides is 2. The summed E-state index contributed by atoms with van der Waals surface area (Å²) in [5.41, 5.74) is 7.28. The molecule has 7 nitrogen and oxygen atoms in total. The second kappa shape index (κ2) is 6.38. The standard InChI is InChI=1S/C18H22N2O5/c1-8(2)13-11-4-5-12(13)15(18(23)24)14(11)17(22)20-19-16(21)10-6-7-25-9(10)3/h6-7,11-12,14-15H,4-5H2,1-3H3,(H,19,21)(H,20,22)(H,23,24)/t11-,12+,14+,15-/m0/s1. The fourth-order valence-electron chi connectivity index (χ4n) is 4.49. The first-order valence-electron chi connectivity index (χ1n) is 8.37. The van der Waals surface area contributed by atoms with Crippen LogP contribution in [-0.2, 0) is 9.59 Å². The number of rotatable bonds is 3. The summed E-state index contributed by atoms with van der Waals surface area (Å²) in [5.74, 6) is -3.00. The van der Waals surface area contributed by atoms with Crippen LogP contribution in [0, 0.1) is 30.6 Å². The van der Waals surface area contributed by atoms with Crippen molar-refractivity contribution in [3.8, 4) is 0 Å². The maximum atomic E-state index is 12.6. The quantitative estimate of drug-likeness (QED) is 0.573. The van der Waals surface area contributed by atoms with Gasteiger partial charge in [-0.05, 0) is 51.5 Å². The van der Waals surface area contributed by atoms with Crippen LogP contribution >= 0.6 is 0 Å². The molecule has 3 N–H and O–H groups in total. The number of fused-ring (bicyclic) bond motifs is 2. The molecule has 134 valence electrons. The zero-order chi connectivity index (χ0) is 18.3. The predicted molar refractivity (Wildman–Crippen MR) is 88.3 cm³/mol. The highest BCUT2D eigenvalue weighted by atomic mass is 16.4. The summed E-state index contributed by atoms with van der Waals surface area (Å²) < 4.78 is 5.06. The largest absolute Gasteiger partial charge is 0.481 e. The Kier molecular flexibility index (Phi) is 4.41. The van der Waals surface area contributed by atoms with Gasteiger partial charge in [0.05, 0.1) is 23.7 Å². The Morgan fingerprint density at radius 1 is 1.12 bits per heavy atom. The molecule has 2 bridgehead atoms. The summed E-state index contributed by atoms with van der Waals surface area (Å²) in [4.78, 5) is 36.5. The summed E-state index contributed by atoms with van der Waals surface area (Å²) in [6.45, 7) is 5.57. The first kappa shape index (κ1) is 17.3. The monoisotopic (exact) mass is 346 g/mol. The Balaban J connectivity index is 1.75. The third kappa shape index (κ3) is 2.83. The van der Waals surface area contributed by atoms with Crippen LogP contribution in [0.4, 0.5) is 0 Å². The third-order valence-electron chi connectivity index (χ3n) is 5.41. The lowest BCUT2D eigenvalue weighted by Crippen LogP contribution is -2.48. The first-order valence-corrected chi connectivity index (χ1v) is 8.37. The van der Waals surface area contributed by atoms with Crippen LogP contribution in [0.25, 0.3) is 0 Å². The summed E-state index contributed by atoms with van der Waals surface area (Å²) in [6.07, 6.45) is 3.00. The van der Waals surface area contributed by atoms with Crippen molar-refractivity contribution in [3.63, 3.8) is 0 Å². The number of carboxylic acid groups (broad SMARTS) is 1. The fraction of sp³-hybridized carbons (Fsp3) is 0.500. The maximum absolute atomic E-state index is 12.6. The van der Waals surface area contributed by atoms with Crippen molar-refractivity contribution in [3.05, 3.63) is 34.8 Å². The number of hydrogen-bond acceptors (Lipinski definition) is 4. The lowest BCUT2D eigenvalue weighted by Gasteiger charge is -2.26. The van der Waals surface area contributed by atoms with E-state index in [1.165, 1.54) is 12.3 Å². The Labute approximate surface area is 145 Å². The van der Waals surface area contributed by atoms with Crippen molar-refractivity contribution in [2.75, 3.05) is 0 Å². The van der Waals surface area contributed by atoms with Crippen molar-refractivity contribution >= 4 is 17.8 Å². The van der Waals surface area contributed by atoms with Crippen LogP contribution in [-0.4, -0.2) is 22.9 Å². The highest BCUT2D eigenvalue weighted by Gasteiger charge is 2.57. The summed E-state index contributed by atoms with van der Waals surface area (Å²) in [7, 11) is 0. The summed E-state index contributed by atoms with van der Waals surface area (Å²) in [5, 5.41) is 9.62. The zero-order valence-corrected chi connectivity index (χ0v) is 14.5. The number of aryl methyl sites for hydroxylation is 1. The van der Waals surface area contributed by atoms with Crippen molar-refractivity contribution in [1.29, 1.82) is 0 Å². The minimum Gasteiger partial charge on any atom is -0.481 e. The molecule has 2 amide bonds. The maximum Gasteiger partial charge on any atom is 0.307 e. The molecule has 2 fully saturated rings. The molecule has 4 atom stereocenters. The van der Waals surface area contributed by atoms with Gasteiger partial charge in [0.15, 0.2) is 0 Å². The van der Waals surface area contributed by atoms with Crippen molar-refractivity contribution < 1.29 is 23.9 Å². The fourth-order valence-corrected chi connectivity index (χ4v) is 4.49. The molecule has 0 unspecified atom stereocenters. The van der Waals surface area contributed by atoms with Gasteiger partial charge in [-0.3, -0.25) is 25.2 Å². The average Bonchev–Trinajstić information content (AvgIpc) is 3.24. The van der Waals surface area contributed by atoms with Crippen LogP contribution < -0.4 is 10.9 Å². The van der Waals surface area contributed by atoms with Crippen molar-refractivity contribution in [1.82, 2.24) is 10.9 Å². The first-order chi connectivity index (χ1) is 11.8. The number of aliphatic carboxylic acids is 1. The molecule has 7 heteroatoms. The summed E-state index contributed by atoms with van der Waals surface area (Å²) in [6, 6.07) is 1.51. The number of carbonyl (C=O) groups excluding carboxylic acids is 2. The highest BCUT2D eigenvalue weighted by Crippen LogP contribution is 2.57. The van der Waals surface area contributed by atoms with E-state index < -0.39 is 29.6 Å². The van der Waals surface area contributed by atoms with Gasteiger partial charge in [0.25, 0.3) is 5.91 Å². The molecule has 25 heavy (non-hydrogen) atoms. The van der Waals surface area contributed by atoms with Gasteiger partial charge in [-0.1, -0.05) is 11.1 Å². The molecule has 1 heterocycles. The van der Waals surface area contributed by atoms with Crippen LogP contribution in [0.1, 0.15) is 42.8 Å². The number of furan rings is 1.